The van der Waals surface area contributed by atoms with Crippen LogP contribution in [0.15, 0.2) is 42.5 Å². The molecule has 8 heteroatoms. The number of hydrogen-bond acceptors (Lipinski definition) is 6. The first-order valence-corrected chi connectivity index (χ1v) is 8.49. The van der Waals surface area contributed by atoms with Crippen LogP contribution in [0.25, 0.3) is 0 Å². The van der Waals surface area contributed by atoms with E-state index in [0.717, 1.165) is 5.56 Å². The molecule has 0 unspecified atom stereocenters. The van der Waals surface area contributed by atoms with Gasteiger partial charge in [-0.05, 0) is 48.4 Å². The minimum absolute atomic E-state index is 0.121. The van der Waals surface area contributed by atoms with E-state index in [-0.39, 0.29) is 6.42 Å². The third-order valence-corrected chi connectivity index (χ3v) is 3.88. The van der Waals surface area contributed by atoms with Gasteiger partial charge >= 0.3 is 5.97 Å². The van der Waals surface area contributed by atoms with Gasteiger partial charge in [0.15, 0.2) is 18.1 Å². The molecule has 0 radical (unpaired) electrons. The number of benzene rings is 2. The topological polar surface area (TPSA) is 117 Å². The maximum atomic E-state index is 11.9. The molecule has 3 N–H and O–H groups in total. The lowest BCUT2D eigenvalue weighted by Crippen LogP contribution is -2.21. The number of rotatable bonds is 9. The molecule has 28 heavy (non-hydrogen) atoms. The summed E-state index contributed by atoms with van der Waals surface area (Å²) in [5.74, 6) is -0.342. The van der Waals surface area contributed by atoms with Gasteiger partial charge in [-0.25, -0.2) is 0 Å². The van der Waals surface area contributed by atoms with E-state index in [9.17, 15) is 14.4 Å². The van der Waals surface area contributed by atoms with Crippen LogP contribution in [0, 0.1) is 0 Å². The van der Waals surface area contributed by atoms with Gasteiger partial charge in [0.1, 0.15) is 0 Å². The Morgan fingerprint density at radius 1 is 0.964 bits per heavy atom. The number of primary amides is 1. The molecule has 0 aliphatic heterocycles. The molecule has 0 saturated carbocycles. The van der Waals surface area contributed by atoms with Crippen LogP contribution in [0.1, 0.15) is 22.3 Å². The van der Waals surface area contributed by atoms with E-state index in [1.54, 1.807) is 19.2 Å². The summed E-state index contributed by atoms with van der Waals surface area (Å²) in [7, 11) is 3.09. The average molecular weight is 386 g/mol. The van der Waals surface area contributed by atoms with E-state index in [4.69, 9.17) is 19.9 Å². The fraction of sp³-hybridized carbons (Fsp3) is 0.250. The second kappa shape index (κ2) is 9.96. The number of esters is 1. The summed E-state index contributed by atoms with van der Waals surface area (Å²) in [5.41, 5.74) is 6.84. The quantitative estimate of drug-likeness (QED) is 0.636. The molecule has 0 heterocycles. The van der Waals surface area contributed by atoms with Crippen LogP contribution in [-0.2, 0) is 20.7 Å². The first-order chi connectivity index (χ1) is 13.4. The molecule has 0 aliphatic rings. The molecule has 0 saturated heterocycles. The third kappa shape index (κ3) is 6.01. The van der Waals surface area contributed by atoms with Crippen molar-refractivity contribution in [3.63, 3.8) is 0 Å². The molecule has 0 aromatic heterocycles. The highest BCUT2D eigenvalue weighted by Crippen LogP contribution is 2.27. The van der Waals surface area contributed by atoms with Crippen molar-refractivity contribution in [2.75, 3.05) is 26.1 Å². The van der Waals surface area contributed by atoms with Crippen molar-refractivity contribution in [1.82, 2.24) is 0 Å². The number of ether oxygens (including phenoxy) is 3. The van der Waals surface area contributed by atoms with E-state index in [1.807, 2.05) is 6.07 Å². The summed E-state index contributed by atoms with van der Waals surface area (Å²) < 4.78 is 15.4. The Hall–Kier alpha value is -3.55. The van der Waals surface area contributed by atoms with Crippen LogP contribution in [0.2, 0.25) is 0 Å². The molecule has 0 spiro atoms. The second-order valence-electron chi connectivity index (χ2n) is 5.84. The highest BCUT2D eigenvalue weighted by molar-refractivity contribution is 5.95. The maximum absolute atomic E-state index is 11.9. The van der Waals surface area contributed by atoms with E-state index in [1.165, 1.54) is 31.4 Å². The predicted octanol–water partition coefficient (Wildman–Crippen LogP) is 1.92. The number of aryl methyl sites for hydroxylation is 1. The fourth-order valence-corrected chi connectivity index (χ4v) is 2.42. The SMILES string of the molecule is COc1ccc(CCC(=O)OCC(=O)Nc2ccc(C(N)=O)cc2)cc1OC. The third-order valence-electron chi connectivity index (χ3n) is 3.88. The van der Waals surface area contributed by atoms with Crippen molar-refractivity contribution in [3.05, 3.63) is 53.6 Å². The zero-order chi connectivity index (χ0) is 20.5. The molecule has 0 aliphatic carbocycles. The highest BCUT2D eigenvalue weighted by atomic mass is 16.5. The first-order valence-electron chi connectivity index (χ1n) is 8.49. The number of hydrogen-bond donors (Lipinski definition) is 2. The average Bonchev–Trinajstić information content (AvgIpc) is 2.70. The molecule has 2 aromatic rings. The van der Waals surface area contributed by atoms with Crippen molar-refractivity contribution >= 4 is 23.5 Å². The molecule has 2 amide bonds. The van der Waals surface area contributed by atoms with Crippen molar-refractivity contribution in [2.24, 2.45) is 5.73 Å². The molecule has 2 aromatic carbocycles. The van der Waals surface area contributed by atoms with Crippen molar-refractivity contribution in [1.29, 1.82) is 0 Å². The predicted molar refractivity (Wildman–Crippen MR) is 102 cm³/mol. The monoisotopic (exact) mass is 386 g/mol. The molecule has 8 nitrogen and oxygen atoms in total. The summed E-state index contributed by atoms with van der Waals surface area (Å²) in [4.78, 5) is 34.7. The van der Waals surface area contributed by atoms with Gasteiger partial charge in [0.25, 0.3) is 5.91 Å². The van der Waals surface area contributed by atoms with Crippen molar-refractivity contribution in [2.45, 2.75) is 12.8 Å². The number of carbonyl (C=O) groups excluding carboxylic acids is 3. The number of methoxy groups -OCH3 is 2. The van der Waals surface area contributed by atoms with E-state index in [2.05, 4.69) is 5.32 Å². The summed E-state index contributed by atoms with van der Waals surface area (Å²) in [5, 5.41) is 2.57. The number of carbonyl (C=O) groups is 3. The van der Waals surface area contributed by atoms with Gasteiger partial charge in [0.2, 0.25) is 5.91 Å². The van der Waals surface area contributed by atoms with Gasteiger partial charge in [0, 0.05) is 17.7 Å². The molecule has 0 atom stereocenters. The smallest absolute Gasteiger partial charge is 0.306 e. The number of nitrogens with one attached hydrogen (secondary N) is 1. The Labute approximate surface area is 162 Å². The van der Waals surface area contributed by atoms with E-state index < -0.39 is 24.4 Å². The number of anilines is 1. The van der Waals surface area contributed by atoms with Gasteiger partial charge in [-0.3, -0.25) is 14.4 Å². The minimum atomic E-state index is -0.554. The van der Waals surface area contributed by atoms with Crippen LogP contribution in [0.3, 0.4) is 0 Å². The van der Waals surface area contributed by atoms with Crippen molar-refractivity contribution < 1.29 is 28.6 Å². The van der Waals surface area contributed by atoms with Gasteiger partial charge < -0.3 is 25.3 Å². The van der Waals surface area contributed by atoms with E-state index >= 15 is 0 Å². The minimum Gasteiger partial charge on any atom is -0.493 e. The molecular formula is C20H22N2O6. The lowest BCUT2D eigenvalue weighted by atomic mass is 10.1. The van der Waals surface area contributed by atoms with Gasteiger partial charge in [0.05, 0.1) is 14.2 Å². The van der Waals surface area contributed by atoms with Crippen LogP contribution < -0.4 is 20.5 Å². The molecule has 148 valence electrons. The Morgan fingerprint density at radius 3 is 2.25 bits per heavy atom. The fourth-order valence-electron chi connectivity index (χ4n) is 2.42. The van der Waals surface area contributed by atoms with Crippen LogP contribution in [0.4, 0.5) is 5.69 Å². The lowest BCUT2D eigenvalue weighted by Gasteiger charge is -2.10. The molecule has 2 rings (SSSR count). The van der Waals surface area contributed by atoms with Crippen molar-refractivity contribution in [3.8, 4) is 11.5 Å². The lowest BCUT2D eigenvalue weighted by molar-refractivity contribution is -0.147. The molecular weight excluding hydrogens is 364 g/mol. The standard InChI is InChI=1S/C20H22N2O6/c1-26-16-9-3-13(11-17(16)27-2)4-10-19(24)28-12-18(23)22-15-7-5-14(6-8-15)20(21)25/h3,5-9,11H,4,10,12H2,1-2H3,(H2,21,25)(H,22,23). The highest BCUT2D eigenvalue weighted by Gasteiger charge is 2.10. The van der Waals surface area contributed by atoms with Crippen LogP contribution in [0.5, 0.6) is 11.5 Å². The Balaban J connectivity index is 1.77. The Bertz CT molecular complexity index is 848. The largest absolute Gasteiger partial charge is 0.493 e. The van der Waals surface area contributed by atoms with Crippen LogP contribution >= 0.6 is 0 Å². The normalized spacial score (nSPS) is 10.1. The first kappa shape index (κ1) is 20.8. The zero-order valence-electron chi connectivity index (χ0n) is 15.7. The Morgan fingerprint density at radius 2 is 1.64 bits per heavy atom. The Kier molecular flexibility index (Phi) is 7.38. The number of amides is 2. The zero-order valence-corrected chi connectivity index (χ0v) is 15.7. The molecule has 0 bridgehead atoms. The van der Waals surface area contributed by atoms with E-state index in [0.29, 0.717) is 29.2 Å². The van der Waals surface area contributed by atoms with Gasteiger partial charge in [-0.1, -0.05) is 6.07 Å². The summed E-state index contributed by atoms with van der Waals surface area (Å²) >= 11 is 0. The summed E-state index contributed by atoms with van der Waals surface area (Å²) in [6.07, 6.45) is 0.561. The molecule has 0 fully saturated rings. The van der Waals surface area contributed by atoms with Gasteiger partial charge in [-0.15, -0.1) is 0 Å². The van der Waals surface area contributed by atoms with Gasteiger partial charge in [-0.2, -0.15) is 0 Å². The summed E-state index contributed by atoms with van der Waals surface area (Å²) in [6.45, 7) is -0.400. The van der Waals surface area contributed by atoms with Crippen LogP contribution in [-0.4, -0.2) is 38.6 Å². The maximum Gasteiger partial charge on any atom is 0.306 e. The second-order valence-corrected chi connectivity index (χ2v) is 5.84. The summed E-state index contributed by atoms with van der Waals surface area (Å²) in [6, 6.07) is 11.4. The number of nitrogens with two attached hydrogens (primary N) is 1.